The summed E-state index contributed by atoms with van der Waals surface area (Å²) in [6.07, 6.45) is 0.914. The zero-order chi connectivity index (χ0) is 8.97. The maximum absolute atomic E-state index is 5.66. The summed E-state index contributed by atoms with van der Waals surface area (Å²) in [5.74, 6) is 6.06. The van der Waals surface area contributed by atoms with Gasteiger partial charge in [0.15, 0.2) is 0 Å². The summed E-state index contributed by atoms with van der Waals surface area (Å²) in [4.78, 5) is 2.40. The fraction of sp³-hybridized carbons (Fsp3) is 0.400. The maximum Gasteiger partial charge on any atom is 0.0771 e. The van der Waals surface area contributed by atoms with Crippen LogP contribution in [-0.4, -0.2) is 6.04 Å². The Morgan fingerprint density at radius 2 is 2.33 bits per heavy atom. The SMILES string of the molecule is CCC(N)C#Cc1ccc(C)s1. The van der Waals surface area contributed by atoms with E-state index in [9.17, 15) is 0 Å². The van der Waals surface area contributed by atoms with E-state index in [0.29, 0.717) is 0 Å². The van der Waals surface area contributed by atoms with Gasteiger partial charge < -0.3 is 5.73 Å². The minimum atomic E-state index is 0.0207. The minimum absolute atomic E-state index is 0.0207. The molecule has 0 fully saturated rings. The van der Waals surface area contributed by atoms with Gasteiger partial charge in [-0.2, -0.15) is 0 Å². The first kappa shape index (κ1) is 9.31. The van der Waals surface area contributed by atoms with Crippen molar-refractivity contribution in [2.45, 2.75) is 26.3 Å². The van der Waals surface area contributed by atoms with Crippen LogP contribution in [0, 0.1) is 18.8 Å². The number of hydrogen-bond acceptors (Lipinski definition) is 2. The molecule has 12 heavy (non-hydrogen) atoms. The molecule has 0 aliphatic carbocycles. The molecule has 1 aromatic heterocycles. The molecule has 1 unspecified atom stereocenters. The highest BCUT2D eigenvalue weighted by Crippen LogP contribution is 2.13. The molecule has 64 valence electrons. The lowest BCUT2D eigenvalue weighted by molar-refractivity contribution is 0.806. The predicted molar refractivity (Wildman–Crippen MR) is 54.2 cm³/mol. The molecule has 0 aliphatic heterocycles. The lowest BCUT2D eigenvalue weighted by Crippen LogP contribution is -2.15. The number of thiophene rings is 1. The van der Waals surface area contributed by atoms with E-state index in [1.165, 1.54) is 4.88 Å². The van der Waals surface area contributed by atoms with Gasteiger partial charge in [0.25, 0.3) is 0 Å². The van der Waals surface area contributed by atoms with Gasteiger partial charge in [0.1, 0.15) is 0 Å². The highest BCUT2D eigenvalue weighted by molar-refractivity contribution is 7.12. The van der Waals surface area contributed by atoms with Crippen LogP contribution in [0.1, 0.15) is 23.1 Å². The van der Waals surface area contributed by atoms with E-state index in [2.05, 4.69) is 24.8 Å². The lowest BCUT2D eigenvalue weighted by atomic mass is 10.2. The molecule has 0 aliphatic rings. The third kappa shape index (κ3) is 2.69. The van der Waals surface area contributed by atoms with Gasteiger partial charge in [-0.3, -0.25) is 0 Å². The molecule has 0 saturated heterocycles. The third-order valence-corrected chi connectivity index (χ3v) is 2.48. The monoisotopic (exact) mass is 179 g/mol. The van der Waals surface area contributed by atoms with E-state index in [1.807, 2.05) is 13.0 Å². The standard InChI is InChI=1S/C10H13NS/c1-3-9(11)5-7-10-6-4-8(2)12-10/h4,6,9H,3,11H2,1-2H3. The smallest absolute Gasteiger partial charge is 0.0771 e. The van der Waals surface area contributed by atoms with Crippen molar-refractivity contribution >= 4 is 11.3 Å². The van der Waals surface area contributed by atoms with Gasteiger partial charge in [0.2, 0.25) is 0 Å². The molecule has 1 rings (SSSR count). The average Bonchev–Trinajstić information content (AvgIpc) is 2.47. The summed E-state index contributed by atoms with van der Waals surface area (Å²) >= 11 is 1.71. The topological polar surface area (TPSA) is 26.0 Å². The van der Waals surface area contributed by atoms with Gasteiger partial charge in [0.05, 0.1) is 10.9 Å². The Kier molecular flexibility index (Phi) is 3.33. The van der Waals surface area contributed by atoms with Gasteiger partial charge in [-0.15, -0.1) is 11.3 Å². The van der Waals surface area contributed by atoms with Crippen molar-refractivity contribution in [2.75, 3.05) is 0 Å². The van der Waals surface area contributed by atoms with E-state index in [1.54, 1.807) is 11.3 Å². The van der Waals surface area contributed by atoms with E-state index in [0.717, 1.165) is 11.3 Å². The molecule has 1 aromatic rings. The van der Waals surface area contributed by atoms with Gasteiger partial charge >= 0.3 is 0 Å². The van der Waals surface area contributed by atoms with E-state index < -0.39 is 0 Å². The molecule has 0 aromatic carbocycles. The van der Waals surface area contributed by atoms with E-state index >= 15 is 0 Å². The van der Waals surface area contributed by atoms with Crippen LogP contribution in [0.4, 0.5) is 0 Å². The second kappa shape index (κ2) is 4.30. The number of rotatable bonds is 1. The largest absolute Gasteiger partial charge is 0.318 e. The van der Waals surface area contributed by atoms with Crippen LogP contribution in [0.3, 0.4) is 0 Å². The van der Waals surface area contributed by atoms with Crippen molar-refractivity contribution in [2.24, 2.45) is 5.73 Å². The predicted octanol–water partition coefficient (Wildman–Crippen LogP) is 2.15. The Labute approximate surface area is 77.6 Å². The Bertz CT molecular complexity index is 303. The van der Waals surface area contributed by atoms with Crippen molar-refractivity contribution < 1.29 is 0 Å². The zero-order valence-corrected chi connectivity index (χ0v) is 8.24. The van der Waals surface area contributed by atoms with Gasteiger partial charge in [-0.25, -0.2) is 0 Å². The maximum atomic E-state index is 5.66. The van der Waals surface area contributed by atoms with Crippen molar-refractivity contribution in [1.82, 2.24) is 0 Å². The number of nitrogens with two attached hydrogens (primary N) is 1. The fourth-order valence-electron chi connectivity index (χ4n) is 0.768. The summed E-state index contributed by atoms with van der Waals surface area (Å²) in [6.45, 7) is 4.12. The first-order valence-electron chi connectivity index (χ1n) is 4.06. The van der Waals surface area contributed by atoms with Crippen molar-refractivity contribution in [3.05, 3.63) is 21.9 Å². The highest BCUT2D eigenvalue weighted by atomic mass is 32.1. The van der Waals surface area contributed by atoms with Crippen molar-refractivity contribution in [3.8, 4) is 11.8 Å². The second-order valence-corrected chi connectivity index (χ2v) is 3.98. The van der Waals surface area contributed by atoms with Gasteiger partial charge in [-0.05, 0) is 25.5 Å². The van der Waals surface area contributed by atoms with Crippen LogP contribution in [0.25, 0.3) is 0 Å². The van der Waals surface area contributed by atoms with Crippen molar-refractivity contribution in [1.29, 1.82) is 0 Å². The Hall–Kier alpha value is -0.780. The zero-order valence-electron chi connectivity index (χ0n) is 7.42. The molecule has 0 amide bonds. The second-order valence-electron chi connectivity index (χ2n) is 2.69. The number of aryl methyl sites for hydroxylation is 1. The van der Waals surface area contributed by atoms with Crippen LogP contribution in [0.5, 0.6) is 0 Å². The van der Waals surface area contributed by atoms with Crippen LogP contribution >= 0.6 is 11.3 Å². The molecule has 0 saturated carbocycles. The molecule has 2 heteroatoms. The fourth-order valence-corrected chi connectivity index (χ4v) is 1.50. The molecule has 0 radical (unpaired) electrons. The average molecular weight is 179 g/mol. The molecule has 1 nitrogen and oxygen atoms in total. The van der Waals surface area contributed by atoms with E-state index in [-0.39, 0.29) is 6.04 Å². The summed E-state index contributed by atoms with van der Waals surface area (Å²) < 4.78 is 0. The van der Waals surface area contributed by atoms with Gasteiger partial charge in [-0.1, -0.05) is 18.8 Å². The van der Waals surface area contributed by atoms with Crippen LogP contribution < -0.4 is 5.73 Å². The highest BCUT2D eigenvalue weighted by Gasteiger charge is 1.92. The summed E-state index contributed by atoms with van der Waals surface area (Å²) in [7, 11) is 0. The number of hydrogen-bond donors (Lipinski definition) is 1. The Balaban J connectivity index is 2.66. The molecule has 1 atom stereocenters. The Morgan fingerprint density at radius 3 is 2.83 bits per heavy atom. The summed E-state index contributed by atoms with van der Waals surface area (Å²) in [5, 5.41) is 0. The molecular weight excluding hydrogens is 166 g/mol. The Morgan fingerprint density at radius 1 is 1.58 bits per heavy atom. The van der Waals surface area contributed by atoms with Crippen LogP contribution in [0.15, 0.2) is 12.1 Å². The molecule has 0 bridgehead atoms. The van der Waals surface area contributed by atoms with E-state index in [4.69, 9.17) is 5.73 Å². The molecule has 0 spiro atoms. The lowest BCUT2D eigenvalue weighted by Gasteiger charge is -1.93. The van der Waals surface area contributed by atoms with Crippen LogP contribution in [0.2, 0.25) is 0 Å². The molecular formula is C10H13NS. The summed E-state index contributed by atoms with van der Waals surface area (Å²) in [5.41, 5.74) is 5.66. The third-order valence-electron chi connectivity index (χ3n) is 1.56. The first-order valence-corrected chi connectivity index (χ1v) is 4.87. The quantitative estimate of drug-likeness (QED) is 0.657. The molecule has 2 N–H and O–H groups in total. The first-order chi connectivity index (χ1) is 5.72. The van der Waals surface area contributed by atoms with Crippen LogP contribution in [-0.2, 0) is 0 Å². The normalized spacial score (nSPS) is 11.9. The minimum Gasteiger partial charge on any atom is -0.318 e. The summed E-state index contributed by atoms with van der Waals surface area (Å²) in [6, 6.07) is 4.13. The van der Waals surface area contributed by atoms with Crippen molar-refractivity contribution in [3.63, 3.8) is 0 Å². The van der Waals surface area contributed by atoms with Gasteiger partial charge in [0, 0.05) is 4.88 Å². The molecule has 1 heterocycles.